The number of hydrogen-bond donors (Lipinski definition) is 0. The molecule has 0 radical (unpaired) electrons. The number of carbonyl (C=O) groups is 1. The Bertz CT molecular complexity index is 600. The van der Waals surface area contributed by atoms with Gasteiger partial charge in [-0.25, -0.2) is 0 Å². The summed E-state index contributed by atoms with van der Waals surface area (Å²) in [6.07, 6.45) is 0. The van der Waals surface area contributed by atoms with E-state index in [1.807, 2.05) is 49.4 Å². The van der Waals surface area contributed by atoms with E-state index in [1.165, 1.54) is 5.56 Å². The topological polar surface area (TPSA) is 29.4 Å². The van der Waals surface area contributed by atoms with Gasteiger partial charge in [0.2, 0.25) is 0 Å². The molecule has 96 valence electrons. The number of hydrogen-bond acceptors (Lipinski definition) is 2. The van der Waals surface area contributed by atoms with Crippen LogP contribution in [0.3, 0.4) is 0 Å². The quantitative estimate of drug-likeness (QED) is 0.598. The van der Waals surface area contributed by atoms with Crippen LogP contribution in [0.2, 0.25) is 0 Å². The summed E-state index contributed by atoms with van der Waals surface area (Å²) in [7, 11) is 0. The summed E-state index contributed by atoms with van der Waals surface area (Å²) in [4.78, 5) is 15.9. The minimum atomic E-state index is 0.0812. The predicted octanol–water partition coefficient (Wildman–Crippen LogP) is 3.90. The van der Waals surface area contributed by atoms with E-state index < -0.39 is 0 Å². The van der Waals surface area contributed by atoms with Crippen LogP contribution in [0.5, 0.6) is 0 Å². The van der Waals surface area contributed by atoms with Gasteiger partial charge in [0.1, 0.15) is 0 Å². The van der Waals surface area contributed by atoms with Crippen molar-refractivity contribution in [3.63, 3.8) is 0 Å². The zero-order valence-electron chi connectivity index (χ0n) is 11.3. The Morgan fingerprint density at radius 3 is 2.32 bits per heavy atom. The molecule has 2 heteroatoms. The van der Waals surface area contributed by atoms with Crippen molar-refractivity contribution in [1.82, 2.24) is 0 Å². The second kappa shape index (κ2) is 6.10. The zero-order chi connectivity index (χ0) is 13.7. The van der Waals surface area contributed by atoms with E-state index in [0.29, 0.717) is 6.54 Å². The van der Waals surface area contributed by atoms with Gasteiger partial charge in [-0.05, 0) is 31.0 Å². The molecule has 0 heterocycles. The molecule has 0 spiro atoms. The van der Waals surface area contributed by atoms with Crippen LogP contribution < -0.4 is 0 Å². The summed E-state index contributed by atoms with van der Waals surface area (Å²) in [5.41, 5.74) is 3.87. The van der Waals surface area contributed by atoms with Crippen molar-refractivity contribution >= 4 is 11.5 Å². The van der Waals surface area contributed by atoms with Gasteiger partial charge >= 0.3 is 0 Å². The summed E-state index contributed by atoms with van der Waals surface area (Å²) in [5, 5.41) is 0. The normalized spacial score (nSPS) is 11.4. The first-order valence-electron chi connectivity index (χ1n) is 6.33. The van der Waals surface area contributed by atoms with E-state index >= 15 is 0 Å². The Balaban J connectivity index is 2.17. The van der Waals surface area contributed by atoms with Crippen LogP contribution in [0, 0.1) is 0 Å². The molecule has 2 nitrogen and oxygen atoms in total. The van der Waals surface area contributed by atoms with Gasteiger partial charge in [-0.1, -0.05) is 48.5 Å². The van der Waals surface area contributed by atoms with E-state index in [4.69, 9.17) is 0 Å². The first kappa shape index (κ1) is 13.2. The average Bonchev–Trinajstić information content (AvgIpc) is 2.46. The van der Waals surface area contributed by atoms with Crippen LogP contribution in [-0.2, 0) is 6.54 Å². The molecule has 0 N–H and O–H groups in total. The minimum absolute atomic E-state index is 0.0812. The van der Waals surface area contributed by atoms with Gasteiger partial charge in [-0.2, -0.15) is 0 Å². The number of carbonyl (C=O) groups excluding carboxylic acids is 1. The molecule has 19 heavy (non-hydrogen) atoms. The second-order valence-electron chi connectivity index (χ2n) is 4.52. The highest BCUT2D eigenvalue weighted by molar-refractivity contribution is 6.02. The van der Waals surface area contributed by atoms with Crippen molar-refractivity contribution in [3.8, 4) is 0 Å². The fourth-order valence-corrected chi connectivity index (χ4v) is 1.85. The molecule has 2 rings (SSSR count). The highest BCUT2D eigenvalue weighted by Gasteiger charge is 2.02. The van der Waals surface area contributed by atoms with Crippen molar-refractivity contribution in [3.05, 3.63) is 71.3 Å². The number of benzene rings is 2. The molecule has 0 fully saturated rings. The molecular formula is C17H17NO. The summed E-state index contributed by atoms with van der Waals surface area (Å²) in [6, 6.07) is 17.7. The molecule has 0 aliphatic carbocycles. The molecule has 0 saturated heterocycles. The van der Waals surface area contributed by atoms with Crippen LogP contribution in [0.15, 0.2) is 59.6 Å². The second-order valence-corrected chi connectivity index (χ2v) is 4.52. The van der Waals surface area contributed by atoms with Crippen LogP contribution in [0.1, 0.15) is 35.3 Å². The maximum atomic E-state index is 11.4. The van der Waals surface area contributed by atoms with Gasteiger partial charge in [0.25, 0.3) is 0 Å². The average molecular weight is 251 g/mol. The predicted molar refractivity (Wildman–Crippen MR) is 78.8 cm³/mol. The lowest BCUT2D eigenvalue weighted by Crippen LogP contribution is -1.99. The summed E-state index contributed by atoms with van der Waals surface area (Å²) in [5.74, 6) is 0.0812. The first-order valence-corrected chi connectivity index (χ1v) is 6.33. The standard InChI is InChI=1S/C17H17NO/c1-13(18-12-15-7-4-3-5-8-15)16-9-6-10-17(11-16)14(2)19/h3-11H,12H2,1-2H3. The third kappa shape index (κ3) is 3.62. The van der Waals surface area contributed by atoms with Crippen LogP contribution in [0.25, 0.3) is 0 Å². The van der Waals surface area contributed by atoms with Gasteiger partial charge in [-0.3, -0.25) is 9.79 Å². The summed E-state index contributed by atoms with van der Waals surface area (Å²) in [6.45, 7) is 4.22. The van der Waals surface area contributed by atoms with Crippen molar-refractivity contribution in [2.24, 2.45) is 4.99 Å². The summed E-state index contributed by atoms with van der Waals surface area (Å²) < 4.78 is 0. The zero-order valence-corrected chi connectivity index (χ0v) is 11.3. The van der Waals surface area contributed by atoms with Crippen LogP contribution in [0.4, 0.5) is 0 Å². The molecule has 0 aromatic heterocycles. The Hall–Kier alpha value is -2.22. The van der Waals surface area contributed by atoms with E-state index in [1.54, 1.807) is 6.92 Å². The smallest absolute Gasteiger partial charge is 0.159 e. The van der Waals surface area contributed by atoms with E-state index in [9.17, 15) is 4.79 Å². The lowest BCUT2D eigenvalue weighted by atomic mass is 10.1. The Morgan fingerprint density at radius 2 is 1.63 bits per heavy atom. The number of nitrogens with zero attached hydrogens (tertiary/aromatic N) is 1. The maximum absolute atomic E-state index is 11.4. The van der Waals surface area contributed by atoms with Gasteiger partial charge in [0.05, 0.1) is 6.54 Å². The number of rotatable bonds is 4. The Kier molecular flexibility index (Phi) is 4.24. The molecule has 0 aliphatic heterocycles. The highest BCUT2D eigenvalue weighted by Crippen LogP contribution is 2.09. The summed E-state index contributed by atoms with van der Waals surface area (Å²) >= 11 is 0. The number of Topliss-reactive ketones (excluding diaryl/α,β-unsaturated/α-hetero) is 1. The first-order chi connectivity index (χ1) is 9.16. The third-order valence-corrected chi connectivity index (χ3v) is 3.03. The van der Waals surface area contributed by atoms with Crippen molar-refractivity contribution in [1.29, 1.82) is 0 Å². The molecule has 2 aromatic carbocycles. The lowest BCUT2D eigenvalue weighted by Gasteiger charge is -2.03. The highest BCUT2D eigenvalue weighted by atomic mass is 16.1. The van der Waals surface area contributed by atoms with Crippen molar-refractivity contribution in [2.45, 2.75) is 20.4 Å². The largest absolute Gasteiger partial charge is 0.295 e. The molecule has 0 saturated carbocycles. The van der Waals surface area contributed by atoms with Gasteiger partial charge in [0, 0.05) is 11.3 Å². The van der Waals surface area contributed by atoms with Gasteiger partial charge in [-0.15, -0.1) is 0 Å². The minimum Gasteiger partial charge on any atom is -0.295 e. The van der Waals surface area contributed by atoms with Crippen LogP contribution >= 0.6 is 0 Å². The number of aliphatic imine (C=N–C) groups is 1. The van der Waals surface area contributed by atoms with Gasteiger partial charge in [0.15, 0.2) is 5.78 Å². The molecule has 0 amide bonds. The monoisotopic (exact) mass is 251 g/mol. The van der Waals surface area contributed by atoms with Crippen molar-refractivity contribution < 1.29 is 4.79 Å². The fraction of sp³-hybridized carbons (Fsp3) is 0.176. The third-order valence-electron chi connectivity index (χ3n) is 3.03. The molecule has 0 atom stereocenters. The van der Waals surface area contributed by atoms with Gasteiger partial charge < -0.3 is 0 Å². The van der Waals surface area contributed by atoms with E-state index in [2.05, 4.69) is 17.1 Å². The Labute approximate surface area is 113 Å². The fourth-order valence-electron chi connectivity index (χ4n) is 1.85. The lowest BCUT2D eigenvalue weighted by molar-refractivity contribution is 0.101. The molecule has 0 aliphatic rings. The SMILES string of the molecule is CC(=O)c1cccc(C(C)=NCc2ccccc2)c1. The number of ketones is 1. The molecule has 0 unspecified atom stereocenters. The van der Waals surface area contributed by atoms with E-state index in [0.717, 1.165) is 16.8 Å². The van der Waals surface area contributed by atoms with Crippen LogP contribution in [-0.4, -0.2) is 11.5 Å². The van der Waals surface area contributed by atoms with E-state index in [-0.39, 0.29) is 5.78 Å². The Morgan fingerprint density at radius 1 is 0.947 bits per heavy atom. The molecular weight excluding hydrogens is 234 g/mol. The molecule has 2 aromatic rings. The van der Waals surface area contributed by atoms with Crippen molar-refractivity contribution in [2.75, 3.05) is 0 Å². The molecule has 0 bridgehead atoms. The maximum Gasteiger partial charge on any atom is 0.159 e.